The highest BCUT2D eigenvalue weighted by Crippen LogP contribution is 2.28. The summed E-state index contributed by atoms with van der Waals surface area (Å²) in [5.74, 6) is -0.00475. The summed E-state index contributed by atoms with van der Waals surface area (Å²) in [5, 5.41) is 0. The van der Waals surface area contributed by atoms with E-state index < -0.39 is 0 Å². The number of carbonyl (C=O) groups excluding carboxylic acids is 1. The number of nitrogens with two attached hydrogens (primary N) is 1. The standard InChI is InChI=1S/C8H7Br2NO/c1-4(12)6-2-5(9)3-7(11)8(6)10/h2-3H,11H2,1H3. The lowest BCUT2D eigenvalue weighted by Gasteiger charge is -2.04. The predicted molar refractivity (Wildman–Crippen MR) is 56.3 cm³/mol. The molecule has 0 saturated carbocycles. The van der Waals surface area contributed by atoms with Gasteiger partial charge in [0.2, 0.25) is 0 Å². The van der Waals surface area contributed by atoms with Gasteiger partial charge in [0.05, 0.1) is 4.47 Å². The van der Waals surface area contributed by atoms with Gasteiger partial charge in [-0.25, -0.2) is 0 Å². The minimum atomic E-state index is -0.00475. The van der Waals surface area contributed by atoms with Crippen molar-refractivity contribution in [2.45, 2.75) is 6.92 Å². The molecule has 0 unspecified atom stereocenters. The highest BCUT2D eigenvalue weighted by Gasteiger charge is 2.08. The molecule has 4 heteroatoms. The van der Waals surface area contributed by atoms with Gasteiger partial charge in [0.1, 0.15) is 0 Å². The maximum absolute atomic E-state index is 11.1. The lowest BCUT2D eigenvalue weighted by molar-refractivity contribution is 0.101. The summed E-state index contributed by atoms with van der Waals surface area (Å²) >= 11 is 6.51. The lowest BCUT2D eigenvalue weighted by Crippen LogP contribution is -1.97. The van der Waals surface area contributed by atoms with Gasteiger partial charge in [-0.3, -0.25) is 4.79 Å². The molecule has 64 valence electrons. The molecule has 0 heterocycles. The zero-order chi connectivity index (χ0) is 9.30. The van der Waals surface area contributed by atoms with Crippen LogP contribution in [0, 0.1) is 0 Å². The fourth-order valence-corrected chi connectivity index (χ4v) is 1.85. The van der Waals surface area contributed by atoms with Crippen molar-refractivity contribution < 1.29 is 4.79 Å². The summed E-state index contributed by atoms with van der Waals surface area (Å²) in [6, 6.07) is 3.49. The zero-order valence-corrected chi connectivity index (χ0v) is 9.57. The van der Waals surface area contributed by atoms with E-state index in [0.29, 0.717) is 15.7 Å². The number of rotatable bonds is 1. The van der Waals surface area contributed by atoms with Gasteiger partial charge in [0.25, 0.3) is 0 Å². The molecule has 0 amide bonds. The van der Waals surface area contributed by atoms with Crippen molar-refractivity contribution in [3.05, 3.63) is 26.6 Å². The Bertz CT molecular complexity index is 336. The van der Waals surface area contributed by atoms with Crippen molar-refractivity contribution in [1.29, 1.82) is 0 Å². The van der Waals surface area contributed by atoms with Crippen LogP contribution in [0.25, 0.3) is 0 Å². The third kappa shape index (κ3) is 1.87. The first kappa shape index (κ1) is 9.74. The first-order valence-electron chi connectivity index (χ1n) is 3.28. The van der Waals surface area contributed by atoms with E-state index >= 15 is 0 Å². The van der Waals surface area contributed by atoms with Crippen LogP contribution in [0.1, 0.15) is 17.3 Å². The summed E-state index contributed by atoms with van der Waals surface area (Å²) in [6.07, 6.45) is 0. The molecule has 2 nitrogen and oxygen atoms in total. The Morgan fingerprint density at radius 2 is 2.00 bits per heavy atom. The maximum atomic E-state index is 11.1. The number of Topliss-reactive ketones (excluding diaryl/α,β-unsaturated/α-hetero) is 1. The zero-order valence-electron chi connectivity index (χ0n) is 6.40. The van der Waals surface area contributed by atoms with E-state index in [2.05, 4.69) is 31.9 Å². The fraction of sp³-hybridized carbons (Fsp3) is 0.125. The molecule has 0 spiro atoms. The Morgan fingerprint density at radius 3 is 2.50 bits per heavy atom. The van der Waals surface area contributed by atoms with Crippen LogP contribution in [-0.2, 0) is 0 Å². The van der Waals surface area contributed by atoms with E-state index in [1.165, 1.54) is 6.92 Å². The van der Waals surface area contributed by atoms with Gasteiger partial charge in [-0.15, -0.1) is 0 Å². The normalized spacial score (nSPS) is 9.92. The first-order chi connectivity index (χ1) is 5.52. The van der Waals surface area contributed by atoms with Gasteiger partial charge in [0.15, 0.2) is 5.78 Å². The minimum absolute atomic E-state index is 0.00475. The SMILES string of the molecule is CC(=O)c1cc(Br)cc(N)c1Br. The number of nitrogen functional groups attached to an aromatic ring is 1. The van der Waals surface area contributed by atoms with Crippen LogP contribution in [0.5, 0.6) is 0 Å². The van der Waals surface area contributed by atoms with Crippen LogP contribution < -0.4 is 5.73 Å². The number of halogens is 2. The van der Waals surface area contributed by atoms with Crippen molar-refractivity contribution in [3.63, 3.8) is 0 Å². The van der Waals surface area contributed by atoms with Crippen molar-refractivity contribution in [2.75, 3.05) is 5.73 Å². The monoisotopic (exact) mass is 291 g/mol. The van der Waals surface area contributed by atoms with E-state index in [0.717, 1.165) is 4.47 Å². The number of hydrogen-bond donors (Lipinski definition) is 1. The molecular weight excluding hydrogens is 286 g/mol. The summed E-state index contributed by atoms with van der Waals surface area (Å²) in [5.41, 5.74) is 6.79. The van der Waals surface area contributed by atoms with Crippen LogP contribution in [-0.4, -0.2) is 5.78 Å². The molecule has 1 aromatic carbocycles. The van der Waals surface area contributed by atoms with Crippen molar-refractivity contribution in [1.82, 2.24) is 0 Å². The number of benzene rings is 1. The van der Waals surface area contributed by atoms with E-state index in [9.17, 15) is 4.79 Å². The Hall–Kier alpha value is -0.350. The molecule has 0 aromatic heterocycles. The van der Waals surface area contributed by atoms with Crippen LogP contribution in [0.15, 0.2) is 21.1 Å². The van der Waals surface area contributed by atoms with E-state index in [4.69, 9.17) is 5.73 Å². The molecule has 2 N–H and O–H groups in total. The Morgan fingerprint density at radius 1 is 1.42 bits per heavy atom. The van der Waals surface area contributed by atoms with Gasteiger partial charge < -0.3 is 5.73 Å². The average Bonchev–Trinajstić information content (AvgIpc) is 1.96. The smallest absolute Gasteiger partial charge is 0.161 e. The van der Waals surface area contributed by atoms with Gasteiger partial charge in [-0.05, 0) is 35.0 Å². The second-order valence-corrected chi connectivity index (χ2v) is 4.12. The maximum Gasteiger partial charge on any atom is 0.161 e. The largest absolute Gasteiger partial charge is 0.398 e. The number of anilines is 1. The van der Waals surface area contributed by atoms with Crippen LogP contribution in [0.2, 0.25) is 0 Å². The third-order valence-electron chi connectivity index (χ3n) is 1.44. The Kier molecular flexibility index (Phi) is 2.90. The van der Waals surface area contributed by atoms with Gasteiger partial charge in [-0.2, -0.15) is 0 Å². The quantitative estimate of drug-likeness (QED) is 0.639. The van der Waals surface area contributed by atoms with E-state index in [1.807, 2.05) is 0 Å². The molecule has 1 aromatic rings. The Balaban J connectivity index is 3.37. The van der Waals surface area contributed by atoms with E-state index in [-0.39, 0.29) is 5.78 Å². The summed E-state index contributed by atoms with van der Waals surface area (Å²) in [4.78, 5) is 11.1. The van der Waals surface area contributed by atoms with Crippen LogP contribution in [0.3, 0.4) is 0 Å². The Labute approximate surface area is 87.4 Å². The van der Waals surface area contributed by atoms with Crippen LogP contribution >= 0.6 is 31.9 Å². The molecule has 0 aliphatic rings. The summed E-state index contributed by atoms with van der Waals surface area (Å²) in [7, 11) is 0. The molecule has 0 saturated heterocycles. The number of carbonyl (C=O) groups is 1. The molecule has 0 atom stereocenters. The van der Waals surface area contributed by atoms with Crippen molar-refractivity contribution in [2.24, 2.45) is 0 Å². The lowest BCUT2D eigenvalue weighted by atomic mass is 10.1. The number of hydrogen-bond acceptors (Lipinski definition) is 2. The number of ketones is 1. The van der Waals surface area contributed by atoms with Gasteiger partial charge in [0, 0.05) is 15.7 Å². The molecule has 0 aliphatic heterocycles. The molecule has 1 rings (SSSR count). The summed E-state index contributed by atoms with van der Waals surface area (Å²) < 4.78 is 1.48. The van der Waals surface area contributed by atoms with Crippen LogP contribution in [0.4, 0.5) is 5.69 Å². The van der Waals surface area contributed by atoms with Gasteiger partial charge in [-0.1, -0.05) is 15.9 Å². The van der Waals surface area contributed by atoms with Gasteiger partial charge >= 0.3 is 0 Å². The minimum Gasteiger partial charge on any atom is -0.398 e. The third-order valence-corrected chi connectivity index (χ3v) is 2.79. The topological polar surface area (TPSA) is 43.1 Å². The van der Waals surface area contributed by atoms with Crippen molar-refractivity contribution >= 4 is 43.3 Å². The molecule has 0 bridgehead atoms. The summed E-state index contributed by atoms with van der Waals surface area (Å²) in [6.45, 7) is 1.51. The van der Waals surface area contributed by atoms with Crippen molar-refractivity contribution in [3.8, 4) is 0 Å². The molecule has 0 radical (unpaired) electrons. The molecule has 0 aliphatic carbocycles. The second-order valence-electron chi connectivity index (χ2n) is 2.41. The highest BCUT2D eigenvalue weighted by atomic mass is 79.9. The highest BCUT2D eigenvalue weighted by molar-refractivity contribution is 9.11. The van der Waals surface area contributed by atoms with E-state index in [1.54, 1.807) is 12.1 Å². The first-order valence-corrected chi connectivity index (χ1v) is 4.86. The predicted octanol–water partition coefficient (Wildman–Crippen LogP) is 3.00. The molecule has 12 heavy (non-hydrogen) atoms. The molecule has 0 fully saturated rings. The second kappa shape index (κ2) is 3.58. The molecular formula is C8H7Br2NO. The average molecular weight is 293 g/mol. The fourth-order valence-electron chi connectivity index (χ4n) is 0.867.